The number of thioether (sulfide) groups is 1. The SMILES string of the molecule is CCCCCCCCCC[C@@H]1O[C@H]([C@H](CC[C@H](OCOC)[C@@H]2CC[C@@H](CCCCSc3nnnn3-c3ccccc3)O2)OCOC)CC[C@H]1OCOC. The van der Waals surface area contributed by atoms with Crippen LogP contribution in [0.4, 0.5) is 0 Å². The van der Waals surface area contributed by atoms with Crippen molar-refractivity contribution in [2.75, 3.05) is 47.5 Å². The Hall–Kier alpha value is -1.68. The van der Waals surface area contributed by atoms with E-state index in [1.54, 1.807) is 37.8 Å². The highest BCUT2D eigenvalue weighted by molar-refractivity contribution is 7.99. The van der Waals surface area contributed by atoms with Crippen LogP contribution in [0.25, 0.3) is 5.69 Å². The fraction of sp³-hybridized carbons (Fsp3) is 0.825. The summed E-state index contributed by atoms with van der Waals surface area (Å²) in [6.45, 7) is 3.01. The molecule has 7 atom stereocenters. The quantitative estimate of drug-likeness (QED) is 0.0433. The van der Waals surface area contributed by atoms with Crippen molar-refractivity contribution in [3.63, 3.8) is 0 Å². The predicted octanol–water partition coefficient (Wildman–Crippen LogP) is 8.30. The summed E-state index contributed by atoms with van der Waals surface area (Å²) in [6, 6.07) is 10.0. The van der Waals surface area contributed by atoms with E-state index in [1.165, 1.54) is 44.9 Å². The summed E-state index contributed by atoms with van der Waals surface area (Å²) in [5.74, 6) is 0.953. The predicted molar refractivity (Wildman–Crippen MR) is 206 cm³/mol. The van der Waals surface area contributed by atoms with Gasteiger partial charge in [-0.3, -0.25) is 0 Å². The van der Waals surface area contributed by atoms with Crippen molar-refractivity contribution in [2.24, 2.45) is 0 Å². The van der Waals surface area contributed by atoms with Crippen LogP contribution in [-0.2, 0) is 37.9 Å². The topological polar surface area (TPSA) is 117 Å². The van der Waals surface area contributed by atoms with E-state index in [0.29, 0.717) is 0 Å². The molecule has 0 spiro atoms. The van der Waals surface area contributed by atoms with Gasteiger partial charge in [0.1, 0.15) is 20.4 Å². The summed E-state index contributed by atoms with van der Waals surface area (Å²) >= 11 is 1.69. The Morgan fingerprint density at radius 2 is 1.38 bits per heavy atom. The maximum Gasteiger partial charge on any atom is 0.214 e. The van der Waals surface area contributed by atoms with Crippen molar-refractivity contribution in [1.29, 1.82) is 0 Å². The van der Waals surface area contributed by atoms with E-state index in [9.17, 15) is 0 Å². The zero-order valence-corrected chi connectivity index (χ0v) is 33.8. The minimum Gasteiger partial charge on any atom is -0.372 e. The van der Waals surface area contributed by atoms with Crippen molar-refractivity contribution in [3.8, 4) is 5.69 Å². The maximum atomic E-state index is 6.82. The third-order valence-electron chi connectivity index (χ3n) is 10.3. The number of unbranched alkanes of at least 4 members (excludes halogenated alkanes) is 8. The first kappa shape index (κ1) is 44.0. The highest BCUT2D eigenvalue weighted by Crippen LogP contribution is 2.33. The molecule has 3 heterocycles. The normalized spacial score (nSPS) is 23.1. The van der Waals surface area contributed by atoms with Gasteiger partial charge < -0.3 is 37.9 Å². The summed E-state index contributed by atoms with van der Waals surface area (Å²) in [5.41, 5.74) is 0.970. The summed E-state index contributed by atoms with van der Waals surface area (Å²) in [5, 5.41) is 13.1. The van der Waals surface area contributed by atoms with E-state index in [2.05, 4.69) is 22.4 Å². The van der Waals surface area contributed by atoms with E-state index in [4.69, 9.17) is 37.9 Å². The van der Waals surface area contributed by atoms with Crippen LogP contribution in [0.3, 0.4) is 0 Å². The van der Waals surface area contributed by atoms with Gasteiger partial charge in [-0.05, 0) is 80.3 Å². The van der Waals surface area contributed by atoms with Crippen molar-refractivity contribution >= 4 is 11.8 Å². The minimum absolute atomic E-state index is 0.0226. The summed E-state index contributed by atoms with van der Waals surface area (Å²) in [6.07, 6.45) is 19.9. The largest absolute Gasteiger partial charge is 0.372 e. The molecule has 0 amide bonds. The Kier molecular flexibility index (Phi) is 22.4. The number of hydrogen-bond acceptors (Lipinski definition) is 12. The van der Waals surface area contributed by atoms with Crippen molar-refractivity contribution in [2.45, 2.75) is 170 Å². The van der Waals surface area contributed by atoms with Crippen LogP contribution in [0.5, 0.6) is 0 Å². The van der Waals surface area contributed by atoms with E-state index in [1.807, 2.05) is 30.3 Å². The standard InChI is InChI=1S/C40H68N4O8S/c1-5-6-7-8-9-10-11-15-21-37-34(48-29-45-2)26-27-39(52-37)36(50-31-47-4)25-24-35(49-30-46-3)38-23-22-33(51-38)20-16-17-28-53-40-41-42-43-44(40)32-18-13-12-14-19-32/h12-14,18-19,33-39H,5-11,15-17,20-31H2,1-4H3/t33-,34-,35+,36+,37+,38+,39+/m1/s1. The molecule has 2 fully saturated rings. The second kappa shape index (κ2) is 27.0. The molecular weight excluding hydrogens is 697 g/mol. The first-order valence-corrected chi connectivity index (χ1v) is 21.2. The fourth-order valence-electron chi connectivity index (χ4n) is 7.50. The molecule has 0 aliphatic carbocycles. The molecular formula is C40H68N4O8S. The second-order valence-corrected chi connectivity index (χ2v) is 15.5. The molecule has 0 bridgehead atoms. The molecule has 53 heavy (non-hydrogen) atoms. The van der Waals surface area contributed by atoms with E-state index < -0.39 is 0 Å². The van der Waals surface area contributed by atoms with E-state index in [-0.39, 0.29) is 63.1 Å². The lowest BCUT2D eigenvalue weighted by Crippen LogP contribution is -2.46. The summed E-state index contributed by atoms with van der Waals surface area (Å²) < 4.78 is 49.9. The summed E-state index contributed by atoms with van der Waals surface area (Å²) in [7, 11) is 5.01. The van der Waals surface area contributed by atoms with Crippen molar-refractivity contribution in [3.05, 3.63) is 30.3 Å². The first-order chi connectivity index (χ1) is 26.2. The van der Waals surface area contributed by atoms with Crippen molar-refractivity contribution in [1.82, 2.24) is 20.2 Å². The molecule has 2 aliphatic rings. The van der Waals surface area contributed by atoms with Gasteiger partial charge in [-0.15, -0.1) is 5.10 Å². The Morgan fingerprint density at radius 1 is 0.736 bits per heavy atom. The smallest absolute Gasteiger partial charge is 0.214 e. The number of ether oxygens (including phenoxy) is 8. The Bertz CT molecular complexity index is 1180. The zero-order chi connectivity index (χ0) is 37.4. The van der Waals surface area contributed by atoms with E-state index in [0.717, 1.165) is 87.2 Å². The lowest BCUT2D eigenvalue weighted by atomic mass is 9.92. The third-order valence-corrected chi connectivity index (χ3v) is 11.3. The molecule has 0 saturated carbocycles. The molecule has 2 aromatic rings. The maximum absolute atomic E-state index is 6.82. The average molecular weight is 765 g/mol. The highest BCUT2D eigenvalue weighted by atomic mass is 32.2. The van der Waals surface area contributed by atoms with Gasteiger partial charge in [0, 0.05) is 27.1 Å². The number of rotatable bonds is 30. The third kappa shape index (κ3) is 16.1. The van der Waals surface area contributed by atoms with Crippen LogP contribution in [0.2, 0.25) is 0 Å². The fourth-order valence-corrected chi connectivity index (χ4v) is 8.39. The van der Waals surface area contributed by atoms with Crippen LogP contribution in [0.1, 0.15) is 122 Å². The van der Waals surface area contributed by atoms with Gasteiger partial charge in [0.2, 0.25) is 5.16 Å². The van der Waals surface area contributed by atoms with Crippen LogP contribution in [0.15, 0.2) is 35.5 Å². The van der Waals surface area contributed by atoms with Gasteiger partial charge in [-0.25, -0.2) is 0 Å². The van der Waals surface area contributed by atoms with Crippen LogP contribution in [-0.4, -0.2) is 110 Å². The summed E-state index contributed by atoms with van der Waals surface area (Å²) in [4.78, 5) is 0. The number of methoxy groups -OCH3 is 3. The Morgan fingerprint density at radius 3 is 2.08 bits per heavy atom. The first-order valence-electron chi connectivity index (χ1n) is 20.3. The molecule has 13 heteroatoms. The molecule has 0 N–H and O–H groups in total. The minimum atomic E-state index is -0.120. The number of tetrazole rings is 1. The van der Waals surface area contributed by atoms with Gasteiger partial charge in [0.15, 0.2) is 0 Å². The van der Waals surface area contributed by atoms with Crippen LogP contribution in [0, 0.1) is 0 Å². The zero-order valence-electron chi connectivity index (χ0n) is 32.9. The van der Waals surface area contributed by atoms with Gasteiger partial charge in [-0.1, -0.05) is 94.7 Å². The van der Waals surface area contributed by atoms with Gasteiger partial charge in [0.25, 0.3) is 0 Å². The van der Waals surface area contributed by atoms with Crippen molar-refractivity contribution < 1.29 is 37.9 Å². The molecule has 302 valence electrons. The molecule has 2 saturated heterocycles. The van der Waals surface area contributed by atoms with Gasteiger partial charge >= 0.3 is 0 Å². The van der Waals surface area contributed by atoms with E-state index >= 15 is 0 Å². The molecule has 1 aromatic carbocycles. The Labute approximate surface area is 323 Å². The lowest BCUT2D eigenvalue weighted by Gasteiger charge is -2.40. The number of benzene rings is 1. The van der Waals surface area contributed by atoms with Gasteiger partial charge in [-0.2, -0.15) is 4.68 Å². The van der Waals surface area contributed by atoms with Gasteiger partial charge in [0.05, 0.1) is 48.4 Å². The van der Waals surface area contributed by atoms with Crippen LogP contribution >= 0.6 is 11.8 Å². The Balaban J connectivity index is 1.23. The highest BCUT2D eigenvalue weighted by Gasteiger charge is 2.38. The second-order valence-electron chi connectivity index (χ2n) is 14.4. The lowest BCUT2D eigenvalue weighted by molar-refractivity contribution is -0.211. The number of nitrogens with zero attached hydrogens (tertiary/aromatic N) is 4. The molecule has 2 aliphatic heterocycles. The molecule has 0 unspecified atom stereocenters. The monoisotopic (exact) mass is 764 g/mol. The molecule has 1 aromatic heterocycles. The molecule has 0 radical (unpaired) electrons. The number of aromatic nitrogens is 4. The van der Waals surface area contributed by atoms with Crippen LogP contribution < -0.4 is 0 Å². The molecule has 12 nitrogen and oxygen atoms in total. The number of para-hydroxylation sites is 1. The molecule has 4 rings (SSSR count). The average Bonchev–Trinajstić information content (AvgIpc) is 3.87. The number of hydrogen-bond donors (Lipinski definition) is 0.